The van der Waals surface area contributed by atoms with Crippen LogP contribution in [0, 0.1) is 0 Å². The van der Waals surface area contributed by atoms with Crippen LogP contribution < -0.4 is 0 Å². The molecule has 0 N–H and O–H groups in total. The zero-order valence-corrected chi connectivity index (χ0v) is 6.43. The van der Waals surface area contributed by atoms with Crippen molar-refractivity contribution in [3.05, 3.63) is 36.6 Å². The Balaban J connectivity index is 2.81. The molecule has 1 saturated heterocycles. The minimum Gasteiger partial charge on any atom is -0.374 e. The molecular weight excluding hydrogens is 122 g/mol. The fourth-order valence-electron chi connectivity index (χ4n) is 1.18. The Morgan fingerprint density at radius 2 is 2.30 bits per heavy atom. The molecule has 1 aliphatic rings. The Labute approximate surface area is 62.3 Å². The molecule has 54 valence electrons. The molecule has 0 aromatic heterocycles. The van der Waals surface area contributed by atoms with Crippen molar-refractivity contribution in [1.29, 1.82) is 0 Å². The van der Waals surface area contributed by atoms with Gasteiger partial charge in [0.25, 0.3) is 0 Å². The lowest BCUT2D eigenvalue weighted by Gasteiger charge is -2.11. The highest BCUT2D eigenvalue weighted by atomic mass is 15.1. The van der Waals surface area contributed by atoms with Gasteiger partial charge in [0.2, 0.25) is 0 Å². The Hall–Kier alpha value is -0.980. The third-order valence-corrected chi connectivity index (χ3v) is 1.80. The van der Waals surface area contributed by atoms with Gasteiger partial charge in [-0.15, -0.1) is 0 Å². The Kier molecular flexibility index (Phi) is 1.95. The van der Waals surface area contributed by atoms with Gasteiger partial charge in [0.1, 0.15) is 0 Å². The maximum absolute atomic E-state index is 3.95. The van der Waals surface area contributed by atoms with Crippen LogP contribution in [-0.4, -0.2) is 18.5 Å². The maximum atomic E-state index is 3.95. The second-order valence-corrected chi connectivity index (χ2v) is 2.56. The van der Waals surface area contributed by atoms with E-state index >= 15 is 0 Å². The number of likely N-dealkylation sites (N-methyl/N-ethyl adjacent to an activating group) is 1. The molecule has 0 aromatic carbocycles. The van der Waals surface area contributed by atoms with E-state index in [1.54, 1.807) is 0 Å². The molecule has 0 unspecified atom stereocenters. The van der Waals surface area contributed by atoms with E-state index in [9.17, 15) is 0 Å². The molecule has 0 aliphatic carbocycles. The first-order valence-corrected chi connectivity index (χ1v) is 3.47. The number of hydrogen-bond acceptors (Lipinski definition) is 1. The largest absolute Gasteiger partial charge is 0.374 e. The van der Waals surface area contributed by atoms with Crippen molar-refractivity contribution in [2.75, 3.05) is 13.6 Å². The highest BCUT2D eigenvalue weighted by Gasteiger charge is 2.14. The van der Waals surface area contributed by atoms with Crippen LogP contribution >= 0.6 is 0 Å². The van der Waals surface area contributed by atoms with Crippen LogP contribution in [0.3, 0.4) is 0 Å². The quantitative estimate of drug-likeness (QED) is 0.531. The summed E-state index contributed by atoms with van der Waals surface area (Å²) in [5.74, 6) is 0. The zero-order chi connectivity index (χ0) is 7.56. The van der Waals surface area contributed by atoms with Gasteiger partial charge in [-0.1, -0.05) is 19.2 Å². The van der Waals surface area contributed by atoms with Gasteiger partial charge < -0.3 is 4.90 Å². The summed E-state index contributed by atoms with van der Waals surface area (Å²) in [4.78, 5) is 2.20. The van der Waals surface area contributed by atoms with Crippen LogP contribution in [0.2, 0.25) is 0 Å². The summed E-state index contributed by atoms with van der Waals surface area (Å²) < 4.78 is 0. The zero-order valence-electron chi connectivity index (χ0n) is 6.43. The average Bonchev–Trinajstić information content (AvgIpc) is 2.20. The maximum Gasteiger partial charge on any atom is 0.0390 e. The smallest absolute Gasteiger partial charge is 0.0390 e. The lowest BCUT2D eigenvalue weighted by atomic mass is 10.2. The van der Waals surface area contributed by atoms with Crippen LogP contribution in [0.1, 0.15) is 6.42 Å². The van der Waals surface area contributed by atoms with Gasteiger partial charge in [-0.25, -0.2) is 0 Å². The van der Waals surface area contributed by atoms with Crippen molar-refractivity contribution in [3.63, 3.8) is 0 Å². The predicted molar refractivity (Wildman–Crippen MR) is 44.7 cm³/mol. The Morgan fingerprint density at radius 1 is 1.60 bits per heavy atom. The first-order valence-electron chi connectivity index (χ1n) is 3.47. The van der Waals surface area contributed by atoms with E-state index in [0.717, 1.165) is 13.0 Å². The van der Waals surface area contributed by atoms with Gasteiger partial charge >= 0.3 is 0 Å². The highest BCUT2D eigenvalue weighted by Crippen LogP contribution is 2.23. The highest BCUT2D eigenvalue weighted by molar-refractivity contribution is 5.33. The van der Waals surface area contributed by atoms with Crippen LogP contribution in [-0.2, 0) is 0 Å². The van der Waals surface area contributed by atoms with E-state index in [4.69, 9.17) is 0 Å². The fourth-order valence-corrected chi connectivity index (χ4v) is 1.18. The van der Waals surface area contributed by atoms with Crippen LogP contribution in [0.5, 0.6) is 0 Å². The van der Waals surface area contributed by atoms with Gasteiger partial charge in [0.15, 0.2) is 0 Å². The molecule has 1 nitrogen and oxygen atoms in total. The third-order valence-electron chi connectivity index (χ3n) is 1.80. The molecule has 0 spiro atoms. The van der Waals surface area contributed by atoms with Crippen molar-refractivity contribution in [1.82, 2.24) is 4.90 Å². The molecule has 10 heavy (non-hydrogen) atoms. The van der Waals surface area contributed by atoms with Crippen molar-refractivity contribution in [3.8, 4) is 0 Å². The van der Waals surface area contributed by atoms with E-state index in [2.05, 4.69) is 25.1 Å². The van der Waals surface area contributed by atoms with E-state index in [-0.39, 0.29) is 0 Å². The summed E-state index contributed by atoms with van der Waals surface area (Å²) in [6.45, 7) is 8.69. The Bertz CT molecular complexity index is 189. The van der Waals surface area contributed by atoms with E-state index in [1.807, 2.05) is 12.2 Å². The monoisotopic (exact) mass is 135 g/mol. The molecule has 0 radical (unpaired) electrons. The van der Waals surface area contributed by atoms with E-state index in [1.165, 1.54) is 11.3 Å². The number of likely N-dealkylation sites (tertiary alicyclic amines) is 1. The van der Waals surface area contributed by atoms with Gasteiger partial charge in [0.05, 0.1) is 0 Å². The SMILES string of the molecule is C=C/C=C1\C(=C)CCN1C. The number of rotatable bonds is 1. The van der Waals surface area contributed by atoms with Crippen molar-refractivity contribution >= 4 is 0 Å². The number of hydrogen-bond donors (Lipinski definition) is 0. The molecule has 1 fully saturated rings. The summed E-state index contributed by atoms with van der Waals surface area (Å²) >= 11 is 0. The molecule has 1 heterocycles. The molecule has 0 bridgehead atoms. The van der Waals surface area contributed by atoms with Crippen molar-refractivity contribution < 1.29 is 0 Å². The minimum atomic E-state index is 1.09. The van der Waals surface area contributed by atoms with Gasteiger partial charge in [-0.05, 0) is 18.1 Å². The predicted octanol–water partition coefficient (Wildman–Crippen LogP) is 1.95. The first-order chi connectivity index (χ1) is 4.75. The molecule has 0 saturated carbocycles. The molecule has 1 heteroatoms. The number of nitrogens with zero attached hydrogens (tertiary/aromatic N) is 1. The van der Waals surface area contributed by atoms with Crippen LogP contribution in [0.15, 0.2) is 36.6 Å². The van der Waals surface area contributed by atoms with Gasteiger partial charge in [-0.2, -0.15) is 0 Å². The molecular formula is C9H13N. The minimum absolute atomic E-state index is 1.09. The van der Waals surface area contributed by atoms with Crippen LogP contribution in [0.25, 0.3) is 0 Å². The van der Waals surface area contributed by atoms with E-state index < -0.39 is 0 Å². The fraction of sp³-hybridized carbons (Fsp3) is 0.333. The summed E-state index contributed by atoms with van der Waals surface area (Å²) in [5, 5.41) is 0. The van der Waals surface area contributed by atoms with Gasteiger partial charge in [0, 0.05) is 19.3 Å². The lowest BCUT2D eigenvalue weighted by molar-refractivity contribution is 0.482. The van der Waals surface area contributed by atoms with E-state index in [0.29, 0.717) is 0 Å². The molecule has 1 aliphatic heterocycles. The summed E-state index contributed by atoms with van der Waals surface area (Å²) in [6, 6.07) is 0. The second-order valence-electron chi connectivity index (χ2n) is 2.56. The Morgan fingerprint density at radius 3 is 2.70 bits per heavy atom. The molecule has 0 aromatic rings. The topological polar surface area (TPSA) is 3.24 Å². The standard InChI is InChI=1S/C9H13N/c1-4-5-9-8(2)6-7-10(9)3/h4-5H,1-2,6-7H2,3H3/b9-5+. The van der Waals surface area contributed by atoms with Crippen molar-refractivity contribution in [2.24, 2.45) is 0 Å². The molecule has 0 atom stereocenters. The van der Waals surface area contributed by atoms with Gasteiger partial charge in [-0.3, -0.25) is 0 Å². The van der Waals surface area contributed by atoms with Crippen molar-refractivity contribution in [2.45, 2.75) is 6.42 Å². The summed E-state index contributed by atoms with van der Waals surface area (Å²) in [5.41, 5.74) is 2.46. The second kappa shape index (κ2) is 2.74. The van der Waals surface area contributed by atoms with Crippen LogP contribution in [0.4, 0.5) is 0 Å². The lowest BCUT2D eigenvalue weighted by Crippen LogP contribution is -2.09. The average molecular weight is 135 g/mol. The number of allylic oxidation sites excluding steroid dienone is 3. The third kappa shape index (κ3) is 1.13. The molecule has 1 rings (SSSR count). The summed E-state index contributed by atoms with van der Waals surface area (Å²) in [6.07, 6.45) is 4.91. The first kappa shape index (κ1) is 7.13. The summed E-state index contributed by atoms with van der Waals surface area (Å²) in [7, 11) is 2.08. The normalized spacial score (nSPS) is 22.3. The molecule has 0 amide bonds.